The van der Waals surface area contributed by atoms with E-state index in [9.17, 15) is 9.59 Å². The van der Waals surface area contributed by atoms with Crippen LogP contribution < -0.4 is 5.46 Å². The van der Waals surface area contributed by atoms with E-state index in [1.54, 1.807) is 24.3 Å². The van der Waals surface area contributed by atoms with Gasteiger partial charge in [0.25, 0.3) is 0 Å². The monoisotopic (exact) mass is 270 g/mol. The molecule has 1 aromatic rings. The van der Waals surface area contributed by atoms with E-state index in [1.165, 1.54) is 13.5 Å². The fourth-order valence-electron chi connectivity index (χ4n) is 2.93. The lowest BCUT2D eigenvalue weighted by molar-refractivity contribution is -0.145. The molecule has 0 bridgehead atoms. The van der Waals surface area contributed by atoms with E-state index < -0.39 is 11.9 Å². The molecular weight excluding hydrogens is 251 g/mol. The molecule has 1 aromatic carbocycles. The first-order valence-electron chi connectivity index (χ1n) is 7.11. The zero-order chi connectivity index (χ0) is 14.5. The van der Waals surface area contributed by atoms with Crippen molar-refractivity contribution < 1.29 is 14.3 Å². The SMILES string of the molecule is [B]c1ccc(C(=O)C(C(=O)OC)C2CCCCC2)cc1. The van der Waals surface area contributed by atoms with E-state index in [2.05, 4.69) is 0 Å². The number of methoxy groups -OCH3 is 1. The molecule has 1 fully saturated rings. The summed E-state index contributed by atoms with van der Waals surface area (Å²) in [5.41, 5.74) is 1.13. The third-order valence-electron chi connectivity index (χ3n) is 4.05. The Morgan fingerprint density at radius 1 is 1.15 bits per heavy atom. The molecule has 1 unspecified atom stereocenters. The van der Waals surface area contributed by atoms with Crippen LogP contribution in [0.1, 0.15) is 42.5 Å². The average molecular weight is 270 g/mol. The van der Waals surface area contributed by atoms with Crippen molar-refractivity contribution in [2.24, 2.45) is 11.8 Å². The van der Waals surface area contributed by atoms with Crippen molar-refractivity contribution in [1.82, 2.24) is 0 Å². The summed E-state index contributed by atoms with van der Waals surface area (Å²) >= 11 is 0. The summed E-state index contributed by atoms with van der Waals surface area (Å²) in [5.74, 6) is -1.15. The molecule has 0 aromatic heterocycles. The Kier molecular flexibility index (Phi) is 4.99. The van der Waals surface area contributed by atoms with Crippen LogP contribution in [0.2, 0.25) is 0 Å². The van der Waals surface area contributed by atoms with Gasteiger partial charge in [-0.15, -0.1) is 0 Å². The third-order valence-corrected chi connectivity index (χ3v) is 4.05. The topological polar surface area (TPSA) is 43.4 Å². The van der Waals surface area contributed by atoms with Gasteiger partial charge in [0.05, 0.1) is 7.11 Å². The smallest absolute Gasteiger partial charge is 0.316 e. The Morgan fingerprint density at radius 2 is 1.75 bits per heavy atom. The highest BCUT2D eigenvalue weighted by Gasteiger charge is 2.36. The maximum absolute atomic E-state index is 12.6. The maximum atomic E-state index is 12.6. The van der Waals surface area contributed by atoms with Gasteiger partial charge in [0.15, 0.2) is 5.78 Å². The number of esters is 1. The van der Waals surface area contributed by atoms with Crippen molar-refractivity contribution in [3.63, 3.8) is 0 Å². The molecule has 20 heavy (non-hydrogen) atoms. The lowest BCUT2D eigenvalue weighted by atomic mass is 9.76. The van der Waals surface area contributed by atoms with Gasteiger partial charge in [-0.1, -0.05) is 49.0 Å². The van der Waals surface area contributed by atoms with Gasteiger partial charge in [-0.25, -0.2) is 0 Å². The zero-order valence-corrected chi connectivity index (χ0v) is 11.8. The standard InChI is InChI=1S/C16H19BO3/c1-20-16(19)14(11-5-3-2-4-6-11)15(18)12-7-9-13(17)10-8-12/h7-11,14H,2-6H2,1H3. The number of Topliss-reactive ketones (excluding diaryl/α,β-unsaturated/α-hetero) is 1. The zero-order valence-electron chi connectivity index (χ0n) is 11.8. The summed E-state index contributed by atoms with van der Waals surface area (Å²) in [6.07, 6.45) is 5.17. The Morgan fingerprint density at radius 3 is 2.30 bits per heavy atom. The molecular formula is C16H19BO3. The van der Waals surface area contributed by atoms with Crippen LogP contribution in [0.25, 0.3) is 0 Å². The molecule has 1 saturated carbocycles. The summed E-state index contributed by atoms with van der Waals surface area (Å²) < 4.78 is 4.85. The molecule has 0 spiro atoms. The predicted octanol–water partition coefficient (Wildman–Crippen LogP) is 2.03. The summed E-state index contributed by atoms with van der Waals surface area (Å²) in [7, 11) is 6.97. The van der Waals surface area contributed by atoms with Gasteiger partial charge >= 0.3 is 5.97 Å². The summed E-state index contributed by atoms with van der Waals surface area (Å²) in [4.78, 5) is 24.6. The quantitative estimate of drug-likeness (QED) is 0.364. The molecule has 2 rings (SSSR count). The molecule has 0 N–H and O–H groups in total. The number of hydrogen-bond acceptors (Lipinski definition) is 3. The largest absolute Gasteiger partial charge is 0.468 e. The minimum atomic E-state index is -0.677. The van der Waals surface area contributed by atoms with Crippen molar-refractivity contribution in [3.8, 4) is 0 Å². The molecule has 0 saturated heterocycles. The van der Waals surface area contributed by atoms with Gasteiger partial charge in [-0.3, -0.25) is 9.59 Å². The fraction of sp³-hybridized carbons (Fsp3) is 0.500. The highest BCUT2D eigenvalue weighted by molar-refractivity contribution is 6.32. The third kappa shape index (κ3) is 3.30. The van der Waals surface area contributed by atoms with Crippen molar-refractivity contribution in [3.05, 3.63) is 29.8 Å². The van der Waals surface area contributed by atoms with E-state index in [4.69, 9.17) is 12.6 Å². The highest BCUT2D eigenvalue weighted by atomic mass is 16.5. The second-order valence-corrected chi connectivity index (χ2v) is 5.39. The Hall–Kier alpha value is -1.58. The van der Waals surface area contributed by atoms with Gasteiger partial charge in [-0.05, 0) is 18.8 Å². The number of ether oxygens (including phenoxy) is 1. The Labute approximate surface area is 121 Å². The molecule has 4 heteroatoms. The minimum absolute atomic E-state index is 0.0984. The van der Waals surface area contributed by atoms with Gasteiger partial charge in [0.1, 0.15) is 13.8 Å². The molecule has 104 valence electrons. The van der Waals surface area contributed by atoms with Gasteiger partial charge in [0.2, 0.25) is 0 Å². The van der Waals surface area contributed by atoms with Crippen molar-refractivity contribution in [2.75, 3.05) is 7.11 Å². The number of hydrogen-bond donors (Lipinski definition) is 0. The molecule has 0 heterocycles. The van der Waals surface area contributed by atoms with Crippen molar-refractivity contribution >= 4 is 25.1 Å². The molecule has 1 atom stereocenters. The van der Waals surface area contributed by atoms with Gasteiger partial charge in [0, 0.05) is 5.56 Å². The van der Waals surface area contributed by atoms with Crippen LogP contribution in [-0.2, 0) is 9.53 Å². The van der Waals surface area contributed by atoms with E-state index in [0.29, 0.717) is 11.0 Å². The summed E-state index contributed by atoms with van der Waals surface area (Å²) in [6.45, 7) is 0. The predicted molar refractivity (Wildman–Crippen MR) is 78.2 cm³/mol. The molecule has 2 radical (unpaired) electrons. The Bertz CT molecular complexity index is 475. The molecule has 0 amide bonds. The summed E-state index contributed by atoms with van der Waals surface area (Å²) in [5, 5.41) is 0. The first-order chi connectivity index (χ1) is 9.63. The van der Waals surface area contributed by atoms with Crippen LogP contribution in [0.4, 0.5) is 0 Å². The second-order valence-electron chi connectivity index (χ2n) is 5.39. The second kappa shape index (κ2) is 6.73. The average Bonchev–Trinajstić information content (AvgIpc) is 2.49. The van der Waals surface area contributed by atoms with E-state index in [1.807, 2.05) is 0 Å². The summed E-state index contributed by atoms with van der Waals surface area (Å²) in [6, 6.07) is 6.72. The van der Waals surface area contributed by atoms with E-state index in [-0.39, 0.29) is 11.7 Å². The molecule has 1 aliphatic rings. The lowest BCUT2D eigenvalue weighted by Crippen LogP contribution is -2.34. The van der Waals surface area contributed by atoms with Gasteiger partial charge in [-0.2, -0.15) is 0 Å². The van der Waals surface area contributed by atoms with Gasteiger partial charge < -0.3 is 4.74 Å². The highest BCUT2D eigenvalue weighted by Crippen LogP contribution is 2.32. The number of benzene rings is 1. The van der Waals surface area contributed by atoms with E-state index in [0.717, 1.165) is 25.7 Å². The van der Waals surface area contributed by atoms with Crippen LogP contribution in [0, 0.1) is 11.8 Å². The minimum Gasteiger partial charge on any atom is -0.468 e. The first kappa shape index (κ1) is 14.8. The van der Waals surface area contributed by atoms with Crippen molar-refractivity contribution in [1.29, 1.82) is 0 Å². The Balaban J connectivity index is 2.23. The van der Waals surface area contributed by atoms with Crippen LogP contribution in [0.5, 0.6) is 0 Å². The maximum Gasteiger partial charge on any atom is 0.316 e. The fourth-order valence-corrected chi connectivity index (χ4v) is 2.93. The first-order valence-corrected chi connectivity index (χ1v) is 7.11. The normalized spacial score (nSPS) is 17.4. The molecule has 1 aliphatic carbocycles. The number of carbonyl (C=O) groups excluding carboxylic acids is 2. The molecule has 3 nitrogen and oxygen atoms in total. The van der Waals surface area contributed by atoms with Crippen LogP contribution in [0.15, 0.2) is 24.3 Å². The van der Waals surface area contributed by atoms with E-state index >= 15 is 0 Å². The number of carbonyl (C=O) groups is 2. The van der Waals surface area contributed by atoms with Crippen LogP contribution in [-0.4, -0.2) is 26.7 Å². The number of ketones is 1. The molecule has 0 aliphatic heterocycles. The lowest BCUT2D eigenvalue weighted by Gasteiger charge is -2.27. The number of rotatable bonds is 4. The van der Waals surface area contributed by atoms with Crippen molar-refractivity contribution in [2.45, 2.75) is 32.1 Å². The van der Waals surface area contributed by atoms with Crippen LogP contribution >= 0.6 is 0 Å². The van der Waals surface area contributed by atoms with Crippen LogP contribution in [0.3, 0.4) is 0 Å².